The quantitative estimate of drug-likeness (QED) is 0.594. The first-order valence-corrected chi connectivity index (χ1v) is 10.1. The minimum atomic E-state index is -3.18. The number of halogens is 2. The number of imidazole rings is 1. The van der Waals surface area contributed by atoms with Crippen LogP contribution in [0.3, 0.4) is 0 Å². The van der Waals surface area contributed by atoms with E-state index in [0.717, 1.165) is 5.56 Å². The number of rotatable bonds is 4. The van der Waals surface area contributed by atoms with Gasteiger partial charge in [-0.25, -0.2) is 13.8 Å². The van der Waals surface area contributed by atoms with Crippen LogP contribution in [0.2, 0.25) is 0 Å². The number of nitrogen functional groups attached to an aromatic ring is 1. The fourth-order valence-electron chi connectivity index (χ4n) is 3.31. The maximum atomic E-state index is 14.6. The van der Waals surface area contributed by atoms with Crippen molar-refractivity contribution in [3.8, 4) is 5.75 Å². The van der Waals surface area contributed by atoms with Crippen LogP contribution >= 0.6 is 8.60 Å². The summed E-state index contributed by atoms with van der Waals surface area (Å²) in [6, 6.07) is 7.26. The third kappa shape index (κ3) is 3.41. The smallest absolute Gasteiger partial charge is 0.397 e. The van der Waals surface area contributed by atoms with Gasteiger partial charge < -0.3 is 15.0 Å². The number of hydrogen-bond donors (Lipinski definition) is 2. The Bertz CT molecular complexity index is 1160. The lowest BCUT2D eigenvalue weighted by molar-refractivity contribution is -0.0986. The first-order chi connectivity index (χ1) is 14.4. The van der Waals surface area contributed by atoms with E-state index in [1.165, 1.54) is 10.9 Å². The van der Waals surface area contributed by atoms with Crippen LogP contribution in [0, 0.1) is 0 Å². The molecular weight excluding hydrogens is 423 g/mol. The number of alkyl halides is 2. The summed E-state index contributed by atoms with van der Waals surface area (Å²) in [6.45, 7) is -0.158. The molecule has 0 radical (unpaired) electrons. The molecule has 3 aromatic rings. The van der Waals surface area contributed by atoms with Crippen molar-refractivity contribution in [1.82, 2.24) is 19.5 Å². The van der Waals surface area contributed by atoms with Crippen LogP contribution in [0.25, 0.3) is 11.2 Å². The van der Waals surface area contributed by atoms with E-state index in [-0.39, 0.29) is 23.7 Å². The van der Waals surface area contributed by atoms with Crippen LogP contribution in [-0.2, 0) is 20.4 Å². The van der Waals surface area contributed by atoms with E-state index >= 15 is 0 Å². The van der Waals surface area contributed by atoms with Gasteiger partial charge in [-0.05, 0) is 6.07 Å². The van der Waals surface area contributed by atoms with Gasteiger partial charge in [-0.1, -0.05) is 18.2 Å². The Balaban J connectivity index is 1.29. The molecular formula is C17H16F2N5O5P. The molecule has 0 bridgehead atoms. The maximum absolute atomic E-state index is 14.6. The highest BCUT2D eigenvalue weighted by Crippen LogP contribution is 2.49. The Morgan fingerprint density at radius 1 is 1.40 bits per heavy atom. The molecule has 3 N–H and O–H groups in total. The van der Waals surface area contributed by atoms with Crippen molar-refractivity contribution in [2.75, 3.05) is 12.3 Å². The molecule has 3 unspecified atom stereocenters. The second-order valence-corrected chi connectivity index (χ2v) is 7.96. The first kappa shape index (κ1) is 19.3. The molecule has 0 spiro atoms. The molecule has 5 rings (SSSR count). The molecule has 0 aliphatic carbocycles. The zero-order chi connectivity index (χ0) is 20.9. The minimum absolute atomic E-state index is 0.0121. The summed E-state index contributed by atoms with van der Waals surface area (Å²) < 4.78 is 52.4. The highest BCUT2D eigenvalue weighted by Gasteiger charge is 2.52. The molecule has 1 saturated heterocycles. The number of nitrogens with zero attached hydrogens (tertiary/aromatic N) is 3. The van der Waals surface area contributed by atoms with E-state index < -0.39 is 45.4 Å². The molecule has 0 amide bonds. The highest BCUT2D eigenvalue weighted by molar-refractivity contribution is 7.42. The molecule has 4 heterocycles. The average Bonchev–Trinajstić information content (AvgIpc) is 3.26. The largest absolute Gasteiger partial charge is 0.426 e. The zero-order valence-electron chi connectivity index (χ0n) is 15.3. The molecule has 10 nitrogen and oxygen atoms in total. The zero-order valence-corrected chi connectivity index (χ0v) is 16.2. The summed E-state index contributed by atoms with van der Waals surface area (Å²) in [6.07, 6.45) is -2.03. The van der Waals surface area contributed by atoms with Crippen molar-refractivity contribution in [1.29, 1.82) is 0 Å². The van der Waals surface area contributed by atoms with Crippen LogP contribution in [0.1, 0.15) is 18.2 Å². The third-order valence-electron chi connectivity index (χ3n) is 4.80. The van der Waals surface area contributed by atoms with Crippen molar-refractivity contribution in [3.63, 3.8) is 0 Å². The number of para-hydroxylation sites is 1. The van der Waals surface area contributed by atoms with Crippen molar-refractivity contribution in [2.45, 2.75) is 31.3 Å². The topological polar surface area (TPSA) is 127 Å². The van der Waals surface area contributed by atoms with E-state index in [9.17, 15) is 13.6 Å². The summed E-state index contributed by atoms with van der Waals surface area (Å²) in [7, 11) is -1.82. The monoisotopic (exact) mass is 439 g/mol. The highest BCUT2D eigenvalue weighted by atomic mass is 31.2. The predicted octanol–water partition coefficient (Wildman–Crippen LogP) is 2.48. The number of fused-ring (bicyclic) bond motifs is 2. The van der Waals surface area contributed by atoms with E-state index in [1.807, 2.05) is 12.1 Å². The number of aromatic nitrogens is 4. The molecule has 2 aromatic heterocycles. The Morgan fingerprint density at radius 3 is 3.10 bits per heavy atom. The Labute approximate surface area is 168 Å². The normalized spacial score (nSPS) is 25.2. The van der Waals surface area contributed by atoms with Gasteiger partial charge in [0, 0.05) is 5.56 Å². The van der Waals surface area contributed by atoms with Gasteiger partial charge in [-0.2, -0.15) is 4.98 Å². The molecule has 1 fully saturated rings. The molecule has 158 valence electrons. The third-order valence-corrected chi connectivity index (χ3v) is 5.85. The molecule has 0 saturated carbocycles. The maximum Gasteiger partial charge on any atom is 0.397 e. The number of nitrogens with one attached hydrogen (secondary N) is 1. The van der Waals surface area contributed by atoms with Crippen LogP contribution in [0.4, 0.5) is 14.7 Å². The molecule has 2 aliphatic rings. The van der Waals surface area contributed by atoms with Crippen LogP contribution in [-0.4, -0.2) is 38.2 Å². The summed E-state index contributed by atoms with van der Waals surface area (Å²) in [5.74, 6) is -2.73. The number of H-pyrrole nitrogens is 1. The predicted molar refractivity (Wildman–Crippen MR) is 101 cm³/mol. The number of aromatic amines is 1. The number of benzene rings is 1. The van der Waals surface area contributed by atoms with Crippen molar-refractivity contribution < 1.29 is 27.1 Å². The Morgan fingerprint density at radius 2 is 2.23 bits per heavy atom. The molecule has 2 aliphatic heterocycles. The van der Waals surface area contributed by atoms with Gasteiger partial charge in [0.15, 0.2) is 11.2 Å². The molecule has 1 aromatic carbocycles. The Kier molecular flexibility index (Phi) is 4.66. The molecule has 13 heteroatoms. The van der Waals surface area contributed by atoms with E-state index in [2.05, 4.69) is 15.0 Å². The average molecular weight is 439 g/mol. The minimum Gasteiger partial charge on any atom is -0.426 e. The van der Waals surface area contributed by atoms with Crippen molar-refractivity contribution >= 4 is 25.7 Å². The van der Waals surface area contributed by atoms with Gasteiger partial charge in [0.1, 0.15) is 18.1 Å². The molecule has 30 heavy (non-hydrogen) atoms. The van der Waals surface area contributed by atoms with Crippen LogP contribution in [0.15, 0.2) is 35.4 Å². The lowest BCUT2D eigenvalue weighted by Crippen LogP contribution is -2.32. The van der Waals surface area contributed by atoms with Crippen LogP contribution < -0.4 is 15.8 Å². The fraction of sp³-hybridized carbons (Fsp3) is 0.353. The summed E-state index contributed by atoms with van der Waals surface area (Å²) in [5.41, 5.74) is 5.91. The molecule has 3 atom stereocenters. The van der Waals surface area contributed by atoms with E-state index in [1.54, 1.807) is 12.1 Å². The van der Waals surface area contributed by atoms with Crippen LogP contribution in [0.5, 0.6) is 5.75 Å². The fourth-order valence-corrected chi connectivity index (χ4v) is 4.33. The van der Waals surface area contributed by atoms with Gasteiger partial charge in [0.05, 0.1) is 26.0 Å². The SMILES string of the molecule is Nc1nc2c(ncn2C2CC(F)(F)C(COP3OCc4ccccc4O3)O2)c(=O)[nH]1. The number of nitrogens with two attached hydrogens (primary N) is 1. The number of anilines is 1. The van der Waals surface area contributed by atoms with Gasteiger partial charge in [0.2, 0.25) is 5.95 Å². The van der Waals surface area contributed by atoms with Gasteiger partial charge in [-0.3, -0.25) is 23.4 Å². The second-order valence-electron chi connectivity index (χ2n) is 6.81. The van der Waals surface area contributed by atoms with Gasteiger partial charge in [0.25, 0.3) is 11.5 Å². The Hall–Kier alpha value is -2.66. The number of ether oxygens (including phenoxy) is 1. The van der Waals surface area contributed by atoms with E-state index in [4.69, 9.17) is 24.0 Å². The summed E-state index contributed by atoms with van der Waals surface area (Å²) in [5, 5.41) is 0. The van der Waals surface area contributed by atoms with Crippen molar-refractivity contribution in [2.24, 2.45) is 0 Å². The summed E-state index contributed by atoms with van der Waals surface area (Å²) >= 11 is 0. The first-order valence-electron chi connectivity index (χ1n) is 8.98. The standard InChI is InChI=1S/C17H16F2N5O5P/c18-17(19)5-12(24-8-21-13-14(24)22-16(20)23-15(13)25)28-11(17)7-27-30-26-6-9-3-1-2-4-10(9)29-30/h1-4,8,11-12H,5-7H2,(H3,20,22,23,25). The lowest BCUT2D eigenvalue weighted by atomic mass is 10.2. The van der Waals surface area contributed by atoms with Gasteiger partial charge >= 0.3 is 8.60 Å². The van der Waals surface area contributed by atoms with Gasteiger partial charge in [-0.15, -0.1) is 0 Å². The number of hydrogen-bond acceptors (Lipinski definition) is 8. The summed E-state index contributed by atoms with van der Waals surface area (Å²) in [4.78, 5) is 22.1. The van der Waals surface area contributed by atoms with Crippen molar-refractivity contribution in [3.05, 3.63) is 46.5 Å². The van der Waals surface area contributed by atoms with E-state index in [0.29, 0.717) is 5.75 Å². The second kappa shape index (κ2) is 7.24. The lowest BCUT2D eigenvalue weighted by Gasteiger charge is -2.25.